The van der Waals surface area contributed by atoms with Crippen LogP contribution in [-0.4, -0.2) is 17.6 Å². The van der Waals surface area contributed by atoms with Gasteiger partial charge >= 0.3 is 5.51 Å². The van der Waals surface area contributed by atoms with Gasteiger partial charge in [-0.15, -0.1) is 0 Å². The van der Waals surface area contributed by atoms with Crippen molar-refractivity contribution in [2.75, 3.05) is 6.26 Å². The van der Waals surface area contributed by atoms with Crippen LogP contribution in [0.5, 0.6) is 0 Å². The molecule has 0 saturated heterocycles. The quantitative estimate of drug-likeness (QED) is 0.439. The zero-order valence-electron chi connectivity index (χ0n) is 3.75. The molecule has 7 heavy (non-hydrogen) atoms. The number of hydrogen-bond donors (Lipinski definition) is 0. The molecule has 0 fully saturated rings. The molecular formula is C3H5F3S. The molecule has 0 bridgehead atoms. The fourth-order valence-corrected chi connectivity index (χ4v) is 0. The van der Waals surface area contributed by atoms with Gasteiger partial charge in [-0.05, 0) is 6.26 Å². The Morgan fingerprint density at radius 2 is 1.57 bits per heavy atom. The van der Waals surface area contributed by atoms with Gasteiger partial charge in [0.15, 0.2) is 0 Å². The van der Waals surface area contributed by atoms with E-state index in [1.807, 2.05) is 0 Å². The summed E-state index contributed by atoms with van der Waals surface area (Å²) in [5.41, 5.74) is -4.08. The van der Waals surface area contributed by atoms with Crippen molar-refractivity contribution in [1.29, 1.82) is 0 Å². The minimum Gasteiger partial charge on any atom is -0.161 e. The zero-order chi connectivity index (χ0) is 6.08. The summed E-state index contributed by atoms with van der Waals surface area (Å²) in [7, 11) is -1.68. The van der Waals surface area contributed by atoms with Crippen LogP contribution >= 0.6 is 10.5 Å². The van der Waals surface area contributed by atoms with Crippen molar-refractivity contribution in [1.82, 2.24) is 0 Å². The maximum Gasteiger partial charge on any atom is 0.436 e. The van der Waals surface area contributed by atoms with Crippen LogP contribution in [0.1, 0.15) is 0 Å². The minimum atomic E-state index is -4.08. The lowest BCUT2D eigenvalue weighted by molar-refractivity contribution is -0.0329. The molecule has 1 unspecified atom stereocenters. The standard InChI is InChI=1S/C3H5F3S/c1-7(2)3(4,5)6/h1H2,2H3. The third-order valence-electron chi connectivity index (χ3n) is 0.395. The van der Waals surface area contributed by atoms with Gasteiger partial charge in [0.1, 0.15) is 0 Å². The summed E-state index contributed by atoms with van der Waals surface area (Å²) in [6.45, 7) is 0. The molecule has 0 aromatic carbocycles. The van der Waals surface area contributed by atoms with Crippen LogP contribution in [0.4, 0.5) is 13.2 Å². The zero-order valence-corrected chi connectivity index (χ0v) is 4.57. The SMILES string of the molecule is C=S(C)C(F)(F)F. The fraction of sp³-hybridized carbons (Fsp3) is 0.667. The van der Waals surface area contributed by atoms with E-state index in [4.69, 9.17) is 0 Å². The fourth-order valence-electron chi connectivity index (χ4n) is 0. The number of hydrogen-bond acceptors (Lipinski definition) is 0. The largest absolute Gasteiger partial charge is 0.436 e. The lowest BCUT2D eigenvalue weighted by Gasteiger charge is -2.02. The molecule has 0 nitrogen and oxygen atoms in total. The van der Waals surface area contributed by atoms with Gasteiger partial charge < -0.3 is 0 Å². The first-order chi connectivity index (χ1) is 2.94. The van der Waals surface area contributed by atoms with E-state index in [1.54, 1.807) is 0 Å². The molecule has 0 aromatic heterocycles. The van der Waals surface area contributed by atoms with Crippen LogP contribution in [0.2, 0.25) is 0 Å². The Morgan fingerprint density at radius 1 is 1.43 bits per heavy atom. The molecule has 0 spiro atoms. The number of rotatable bonds is 0. The predicted octanol–water partition coefficient (Wildman–Crippen LogP) is 1.84. The molecule has 0 aliphatic rings. The predicted molar refractivity (Wildman–Crippen MR) is 26.7 cm³/mol. The molecular weight excluding hydrogens is 125 g/mol. The molecule has 44 valence electrons. The van der Waals surface area contributed by atoms with Crippen molar-refractivity contribution >= 4 is 16.4 Å². The molecule has 0 rings (SSSR count). The van der Waals surface area contributed by atoms with Crippen LogP contribution in [-0.2, 0) is 0 Å². The van der Waals surface area contributed by atoms with Crippen molar-refractivity contribution in [3.63, 3.8) is 0 Å². The van der Waals surface area contributed by atoms with E-state index in [9.17, 15) is 13.2 Å². The summed E-state index contributed by atoms with van der Waals surface area (Å²) >= 11 is 0. The second-order valence-corrected chi connectivity index (χ2v) is 2.82. The van der Waals surface area contributed by atoms with Gasteiger partial charge in [-0.2, -0.15) is 13.2 Å². The van der Waals surface area contributed by atoms with Gasteiger partial charge in [0.05, 0.1) is 0 Å². The van der Waals surface area contributed by atoms with Crippen molar-refractivity contribution < 1.29 is 13.2 Å². The van der Waals surface area contributed by atoms with Gasteiger partial charge in [0.25, 0.3) is 0 Å². The van der Waals surface area contributed by atoms with Gasteiger partial charge in [-0.1, -0.05) is 16.4 Å². The van der Waals surface area contributed by atoms with Gasteiger partial charge in [-0.25, -0.2) is 0 Å². The normalized spacial score (nSPS) is 16.6. The highest BCUT2D eigenvalue weighted by atomic mass is 32.2. The first kappa shape index (κ1) is 7.01. The second kappa shape index (κ2) is 1.86. The Labute approximate surface area is 42.3 Å². The first-order valence-electron chi connectivity index (χ1n) is 1.47. The Balaban J connectivity index is 3.79. The van der Waals surface area contributed by atoms with Gasteiger partial charge in [0, 0.05) is 0 Å². The van der Waals surface area contributed by atoms with Gasteiger partial charge in [0.2, 0.25) is 0 Å². The maximum atomic E-state index is 11.1. The summed E-state index contributed by atoms with van der Waals surface area (Å²) in [6, 6.07) is 0. The minimum absolute atomic E-state index is 1.04. The van der Waals surface area contributed by atoms with Crippen LogP contribution < -0.4 is 0 Å². The van der Waals surface area contributed by atoms with Gasteiger partial charge in [-0.3, -0.25) is 0 Å². The lowest BCUT2D eigenvalue weighted by Crippen LogP contribution is -2.00. The van der Waals surface area contributed by atoms with E-state index in [2.05, 4.69) is 5.87 Å². The molecule has 0 N–H and O–H groups in total. The van der Waals surface area contributed by atoms with E-state index < -0.39 is 16.0 Å². The van der Waals surface area contributed by atoms with Crippen molar-refractivity contribution in [3.8, 4) is 0 Å². The third-order valence-corrected chi connectivity index (χ3v) is 1.19. The molecule has 4 heteroatoms. The van der Waals surface area contributed by atoms with Crippen molar-refractivity contribution in [3.05, 3.63) is 0 Å². The Bertz CT molecular complexity index is 82.7. The Hall–Kier alpha value is 0.01000. The number of alkyl halides is 3. The Kier molecular flexibility index (Phi) is 1.86. The second-order valence-electron chi connectivity index (χ2n) is 1.08. The van der Waals surface area contributed by atoms with Crippen LogP contribution in [0, 0.1) is 0 Å². The number of halogens is 3. The van der Waals surface area contributed by atoms with E-state index >= 15 is 0 Å². The monoisotopic (exact) mass is 130 g/mol. The molecule has 1 atom stereocenters. The molecule has 0 saturated carbocycles. The summed E-state index contributed by atoms with van der Waals surface area (Å²) in [5, 5.41) is 0. The van der Waals surface area contributed by atoms with E-state index in [0.717, 1.165) is 6.26 Å². The molecule has 0 amide bonds. The molecule has 0 aromatic rings. The average Bonchev–Trinajstić information content (AvgIpc) is 1.31. The van der Waals surface area contributed by atoms with Crippen molar-refractivity contribution in [2.45, 2.75) is 5.51 Å². The van der Waals surface area contributed by atoms with Crippen molar-refractivity contribution in [2.24, 2.45) is 0 Å². The lowest BCUT2D eigenvalue weighted by atomic mass is 11.6. The van der Waals surface area contributed by atoms with Crippen LogP contribution in [0.15, 0.2) is 0 Å². The van der Waals surface area contributed by atoms with E-state index in [-0.39, 0.29) is 0 Å². The maximum absolute atomic E-state index is 11.1. The van der Waals surface area contributed by atoms with Crippen LogP contribution in [0.3, 0.4) is 0 Å². The summed E-state index contributed by atoms with van der Waals surface area (Å²) in [5.74, 6) is 2.81. The van der Waals surface area contributed by atoms with E-state index in [0.29, 0.717) is 0 Å². The molecule has 0 heterocycles. The molecule has 0 radical (unpaired) electrons. The first-order valence-corrected chi connectivity index (χ1v) is 3.27. The third kappa shape index (κ3) is 2.68. The smallest absolute Gasteiger partial charge is 0.161 e. The highest BCUT2D eigenvalue weighted by Gasteiger charge is 2.26. The highest BCUT2D eigenvalue weighted by molar-refractivity contribution is 8.14. The highest BCUT2D eigenvalue weighted by Crippen LogP contribution is 2.31. The summed E-state index contributed by atoms with van der Waals surface area (Å²) in [4.78, 5) is 0. The summed E-state index contributed by atoms with van der Waals surface area (Å²) < 4.78 is 33.4. The Morgan fingerprint density at radius 3 is 1.57 bits per heavy atom. The topological polar surface area (TPSA) is 0 Å². The molecule has 0 aliphatic heterocycles. The summed E-state index contributed by atoms with van der Waals surface area (Å²) in [6.07, 6.45) is 1.04. The molecule has 0 aliphatic carbocycles. The van der Waals surface area contributed by atoms with Crippen LogP contribution in [0.25, 0.3) is 0 Å². The van der Waals surface area contributed by atoms with E-state index in [1.165, 1.54) is 0 Å². The average molecular weight is 130 g/mol.